The summed E-state index contributed by atoms with van der Waals surface area (Å²) in [6, 6.07) is 13.8. The van der Waals surface area contributed by atoms with Crippen molar-refractivity contribution < 1.29 is 9.53 Å². The van der Waals surface area contributed by atoms with Gasteiger partial charge in [-0.2, -0.15) is 0 Å². The Bertz CT molecular complexity index is 1340. The van der Waals surface area contributed by atoms with Crippen LogP contribution in [0.3, 0.4) is 0 Å². The van der Waals surface area contributed by atoms with E-state index in [1.807, 2.05) is 0 Å². The zero-order chi connectivity index (χ0) is 24.4. The van der Waals surface area contributed by atoms with Gasteiger partial charge in [0.15, 0.2) is 10.9 Å². The van der Waals surface area contributed by atoms with E-state index in [4.69, 9.17) is 62.7 Å². The molecule has 11 heteroatoms. The fourth-order valence-electron chi connectivity index (χ4n) is 2.91. The molecule has 1 saturated heterocycles. The summed E-state index contributed by atoms with van der Waals surface area (Å²) in [6.07, 6.45) is 1.71. The van der Waals surface area contributed by atoms with E-state index in [0.717, 1.165) is 5.56 Å². The Morgan fingerprint density at radius 1 is 1.00 bits per heavy atom. The van der Waals surface area contributed by atoms with Crippen molar-refractivity contribution in [3.63, 3.8) is 0 Å². The van der Waals surface area contributed by atoms with Gasteiger partial charge in [-0.25, -0.2) is 4.99 Å². The molecular formula is C23H12BrCl5N2O2S. The lowest BCUT2D eigenvalue weighted by atomic mass is 10.2. The molecule has 0 aromatic heterocycles. The zero-order valence-corrected chi connectivity index (χ0v) is 23.0. The van der Waals surface area contributed by atoms with Gasteiger partial charge in [0.2, 0.25) is 0 Å². The predicted octanol–water partition coefficient (Wildman–Crippen LogP) is 9.19. The summed E-state index contributed by atoms with van der Waals surface area (Å²) in [5, 5.41) is 5.23. The minimum absolute atomic E-state index is 0.207. The molecule has 34 heavy (non-hydrogen) atoms. The molecule has 0 unspecified atom stereocenters. The lowest BCUT2D eigenvalue weighted by Crippen LogP contribution is -2.19. The van der Waals surface area contributed by atoms with E-state index < -0.39 is 0 Å². The van der Waals surface area contributed by atoms with Gasteiger partial charge in [0.1, 0.15) is 6.61 Å². The lowest BCUT2D eigenvalue weighted by Gasteiger charge is -2.12. The maximum Gasteiger partial charge on any atom is 0.264 e. The molecule has 1 fully saturated rings. The first kappa shape index (κ1) is 25.7. The van der Waals surface area contributed by atoms with Crippen LogP contribution in [-0.4, -0.2) is 11.1 Å². The number of carbonyl (C=O) groups is 1. The molecule has 1 amide bonds. The van der Waals surface area contributed by atoms with Crippen molar-refractivity contribution in [3.05, 3.63) is 94.1 Å². The molecule has 3 aromatic carbocycles. The number of thioether (sulfide) groups is 1. The number of nitrogens with one attached hydrogen (secondary N) is 1. The van der Waals surface area contributed by atoms with E-state index in [-0.39, 0.29) is 12.5 Å². The molecule has 1 heterocycles. The minimum Gasteiger partial charge on any atom is -0.486 e. The molecule has 3 aromatic rings. The van der Waals surface area contributed by atoms with E-state index in [0.29, 0.717) is 56.7 Å². The average Bonchev–Trinajstić information content (AvgIpc) is 3.10. The van der Waals surface area contributed by atoms with Gasteiger partial charge in [-0.15, -0.1) is 0 Å². The van der Waals surface area contributed by atoms with Gasteiger partial charge in [0, 0.05) is 15.6 Å². The summed E-state index contributed by atoms with van der Waals surface area (Å²) in [4.78, 5) is 17.3. The van der Waals surface area contributed by atoms with Crippen molar-refractivity contribution in [2.24, 2.45) is 4.99 Å². The molecule has 0 saturated carbocycles. The Morgan fingerprint density at radius 2 is 1.79 bits per heavy atom. The van der Waals surface area contributed by atoms with Crippen LogP contribution in [0.4, 0.5) is 5.69 Å². The largest absolute Gasteiger partial charge is 0.486 e. The highest BCUT2D eigenvalue weighted by Gasteiger charge is 2.24. The number of halogens is 6. The second-order valence-electron chi connectivity index (χ2n) is 6.89. The smallest absolute Gasteiger partial charge is 0.264 e. The summed E-state index contributed by atoms with van der Waals surface area (Å²) < 4.78 is 6.50. The van der Waals surface area contributed by atoms with Crippen molar-refractivity contribution in [1.82, 2.24) is 5.32 Å². The number of nitrogens with zero attached hydrogens (tertiary/aromatic N) is 1. The third kappa shape index (κ3) is 6.05. The Kier molecular flexibility index (Phi) is 8.41. The number of hydrogen-bond acceptors (Lipinski definition) is 4. The number of rotatable bonds is 5. The van der Waals surface area contributed by atoms with Crippen LogP contribution in [0.2, 0.25) is 25.1 Å². The SMILES string of the molecule is O=C1NC(=Nc2cccc(Cl)c2Cl)S/C1=C\c1cc(Cl)c(OCc2ccc(Cl)cc2Cl)c(Br)c1. The fraction of sp³-hybridized carbons (Fsp3) is 0.0435. The molecule has 4 rings (SSSR count). The third-order valence-corrected chi connectivity index (χ3v) is 7.69. The van der Waals surface area contributed by atoms with Crippen molar-refractivity contribution in [2.75, 3.05) is 0 Å². The van der Waals surface area contributed by atoms with Gasteiger partial charge < -0.3 is 10.1 Å². The molecule has 0 aliphatic carbocycles. The molecule has 0 atom stereocenters. The summed E-state index contributed by atoms with van der Waals surface area (Å²) in [5.74, 6) is 0.170. The molecule has 1 N–H and O–H groups in total. The maximum atomic E-state index is 12.5. The van der Waals surface area contributed by atoms with Crippen LogP contribution in [0, 0.1) is 0 Å². The van der Waals surface area contributed by atoms with Gasteiger partial charge in [0.05, 0.1) is 30.1 Å². The zero-order valence-electron chi connectivity index (χ0n) is 16.8. The first-order chi connectivity index (χ1) is 16.2. The lowest BCUT2D eigenvalue weighted by molar-refractivity contribution is -0.115. The molecule has 1 aliphatic rings. The molecule has 4 nitrogen and oxygen atoms in total. The minimum atomic E-state index is -0.285. The number of aliphatic imine (C=N–C) groups is 1. The molecular weight excluding hydrogens is 626 g/mol. The van der Waals surface area contributed by atoms with Crippen molar-refractivity contribution in [3.8, 4) is 5.75 Å². The van der Waals surface area contributed by atoms with E-state index in [1.165, 1.54) is 11.8 Å². The molecule has 1 aliphatic heterocycles. The normalized spacial score (nSPS) is 15.8. The topological polar surface area (TPSA) is 50.7 Å². The van der Waals surface area contributed by atoms with Crippen LogP contribution in [0.15, 0.2) is 62.9 Å². The predicted molar refractivity (Wildman–Crippen MR) is 147 cm³/mol. The number of carbonyl (C=O) groups excluding carboxylic acids is 1. The van der Waals surface area contributed by atoms with Gasteiger partial charge >= 0.3 is 0 Å². The van der Waals surface area contributed by atoms with E-state index >= 15 is 0 Å². The van der Waals surface area contributed by atoms with Crippen LogP contribution in [0.25, 0.3) is 6.08 Å². The quantitative estimate of drug-likeness (QED) is 0.284. The summed E-state index contributed by atoms with van der Waals surface area (Å²) in [5.41, 5.74) is 1.94. The monoisotopic (exact) mass is 634 g/mol. The van der Waals surface area contributed by atoms with E-state index in [9.17, 15) is 4.79 Å². The number of hydrogen-bond donors (Lipinski definition) is 1. The van der Waals surface area contributed by atoms with Crippen LogP contribution in [0.1, 0.15) is 11.1 Å². The van der Waals surface area contributed by atoms with Crippen LogP contribution in [0.5, 0.6) is 5.75 Å². The number of ether oxygens (including phenoxy) is 1. The highest BCUT2D eigenvalue weighted by molar-refractivity contribution is 9.10. The maximum absolute atomic E-state index is 12.5. The third-order valence-electron chi connectivity index (χ3n) is 4.51. The number of benzene rings is 3. The van der Waals surface area contributed by atoms with E-state index in [1.54, 1.807) is 54.6 Å². The fourth-order valence-corrected chi connectivity index (χ4v) is 5.53. The van der Waals surface area contributed by atoms with Crippen molar-refractivity contribution in [1.29, 1.82) is 0 Å². The highest BCUT2D eigenvalue weighted by atomic mass is 79.9. The molecule has 0 spiro atoms. The summed E-state index contributed by atoms with van der Waals surface area (Å²) in [6.45, 7) is 0.207. The molecule has 174 valence electrons. The summed E-state index contributed by atoms with van der Waals surface area (Å²) >= 11 is 35.5. The van der Waals surface area contributed by atoms with Crippen LogP contribution in [-0.2, 0) is 11.4 Å². The van der Waals surface area contributed by atoms with E-state index in [2.05, 4.69) is 26.2 Å². The van der Waals surface area contributed by atoms with Crippen LogP contribution < -0.4 is 10.1 Å². The van der Waals surface area contributed by atoms with Crippen LogP contribution >= 0.6 is 85.7 Å². The Labute approximate surface area is 233 Å². The van der Waals surface area contributed by atoms with Gasteiger partial charge in [-0.1, -0.05) is 70.1 Å². The Morgan fingerprint density at radius 3 is 2.53 bits per heavy atom. The Hall–Kier alpha value is -1.38. The highest BCUT2D eigenvalue weighted by Crippen LogP contribution is 2.38. The second-order valence-corrected chi connectivity index (χ2v) is 10.8. The average molecular weight is 638 g/mol. The van der Waals surface area contributed by atoms with Gasteiger partial charge in [0.25, 0.3) is 5.91 Å². The Balaban J connectivity index is 1.52. The molecule has 0 radical (unpaired) electrons. The number of amidine groups is 1. The first-order valence-corrected chi connectivity index (χ1v) is 13.0. The first-order valence-electron chi connectivity index (χ1n) is 9.50. The molecule has 0 bridgehead atoms. The van der Waals surface area contributed by atoms with Gasteiger partial charge in [-0.3, -0.25) is 4.79 Å². The van der Waals surface area contributed by atoms with Gasteiger partial charge in [-0.05, 0) is 75.7 Å². The summed E-state index contributed by atoms with van der Waals surface area (Å²) in [7, 11) is 0. The standard InChI is InChI=1S/C23H12BrCl5N2O2S/c24-14-6-11(7-17(28)21(14)33-10-12-4-5-13(25)9-16(12)27)8-19-22(32)31-23(34-19)30-18-3-1-2-15(26)20(18)29/h1-9H,10H2,(H,30,31,32)/b19-8-. The van der Waals surface area contributed by atoms with Crippen molar-refractivity contribution in [2.45, 2.75) is 6.61 Å². The number of amides is 1. The second kappa shape index (κ2) is 11.1. The van der Waals surface area contributed by atoms with Crippen molar-refractivity contribution >= 4 is 109 Å².